The Labute approximate surface area is 106 Å². The van der Waals surface area contributed by atoms with Crippen molar-refractivity contribution in [3.8, 4) is 5.75 Å². The second kappa shape index (κ2) is 7.01. The van der Waals surface area contributed by atoms with Gasteiger partial charge in [-0.1, -0.05) is 12.1 Å². The highest BCUT2D eigenvalue weighted by Gasteiger charge is 1.93. The van der Waals surface area contributed by atoms with Gasteiger partial charge in [0.25, 0.3) is 0 Å². The van der Waals surface area contributed by atoms with E-state index in [1.165, 1.54) is 0 Å². The quantitative estimate of drug-likeness (QED) is 0.797. The Balaban J connectivity index is 0.000000184. The van der Waals surface area contributed by atoms with Crippen molar-refractivity contribution in [3.63, 3.8) is 0 Å². The Morgan fingerprint density at radius 3 is 2.33 bits per heavy atom. The lowest BCUT2D eigenvalue weighted by Gasteiger charge is -2.11. The van der Waals surface area contributed by atoms with Gasteiger partial charge >= 0.3 is 0 Å². The van der Waals surface area contributed by atoms with Crippen LogP contribution in [0.1, 0.15) is 0 Å². The van der Waals surface area contributed by atoms with Crippen LogP contribution in [0.4, 0.5) is 11.5 Å². The van der Waals surface area contributed by atoms with E-state index in [1.807, 2.05) is 31.1 Å². The average Bonchev–Trinajstić information content (AvgIpc) is 2.40. The van der Waals surface area contributed by atoms with Gasteiger partial charge in [-0.05, 0) is 24.3 Å². The Morgan fingerprint density at radius 2 is 1.94 bits per heavy atom. The first-order valence-corrected chi connectivity index (χ1v) is 5.38. The minimum absolute atomic E-state index is 0.311. The predicted molar refractivity (Wildman–Crippen MR) is 71.5 cm³/mol. The van der Waals surface area contributed by atoms with E-state index in [9.17, 15) is 0 Å². The van der Waals surface area contributed by atoms with E-state index in [0.717, 1.165) is 5.69 Å². The molecule has 1 heterocycles. The molecule has 0 aliphatic carbocycles. The number of hydrogen-bond donors (Lipinski definition) is 2. The van der Waals surface area contributed by atoms with Crippen LogP contribution in [-0.2, 0) is 0 Å². The largest absolute Gasteiger partial charge is 0.508 e. The van der Waals surface area contributed by atoms with Crippen molar-refractivity contribution in [1.82, 2.24) is 4.98 Å². The topological polar surface area (TPSA) is 72.6 Å². The smallest absolute Gasteiger partial charge is 0.173 e. The number of hydrogen-bond acceptors (Lipinski definition) is 5. The maximum absolute atomic E-state index is 9.04. The molecule has 0 radical (unpaired) electrons. The molecule has 0 atom stereocenters. The number of phenolic OH excluding ortho intramolecular Hbond substituents is 1. The van der Waals surface area contributed by atoms with Crippen molar-refractivity contribution in [2.24, 2.45) is 5.11 Å². The molecule has 0 unspecified atom stereocenters. The molecule has 1 aromatic heterocycles. The number of benzene rings is 1. The molecule has 0 aliphatic heterocycles. The zero-order valence-electron chi connectivity index (χ0n) is 10.4. The van der Waals surface area contributed by atoms with E-state index in [1.54, 1.807) is 36.5 Å². The van der Waals surface area contributed by atoms with E-state index < -0.39 is 0 Å². The summed E-state index contributed by atoms with van der Waals surface area (Å²) in [5.74, 6) is 0.763. The second-order valence-electron chi connectivity index (χ2n) is 3.71. The number of phenols is 1. The van der Waals surface area contributed by atoms with Crippen LogP contribution in [0, 0.1) is 5.53 Å². The molecular formula is C13H16N4O. The first kappa shape index (κ1) is 13.6. The molecule has 18 heavy (non-hydrogen) atoms. The number of aromatic nitrogens is 1. The number of nitrogens with one attached hydrogen (secondary N) is 1. The Bertz CT molecular complexity index is 485. The van der Waals surface area contributed by atoms with Crippen LogP contribution >= 0.6 is 0 Å². The molecule has 0 aliphatic rings. The van der Waals surface area contributed by atoms with Crippen molar-refractivity contribution in [1.29, 1.82) is 5.53 Å². The Kier molecular flexibility index (Phi) is 5.31. The molecular weight excluding hydrogens is 228 g/mol. The summed E-state index contributed by atoms with van der Waals surface area (Å²) < 4.78 is 0. The summed E-state index contributed by atoms with van der Waals surface area (Å²) in [5, 5.41) is 12.1. The van der Waals surface area contributed by atoms with Crippen LogP contribution in [0.15, 0.2) is 53.8 Å². The molecule has 0 amide bonds. The third-order valence-corrected chi connectivity index (χ3v) is 2.11. The summed E-state index contributed by atoms with van der Waals surface area (Å²) in [7, 11) is 3.88. The van der Waals surface area contributed by atoms with Gasteiger partial charge in [0, 0.05) is 32.0 Å². The maximum Gasteiger partial charge on any atom is 0.173 e. The third-order valence-electron chi connectivity index (χ3n) is 2.11. The predicted octanol–water partition coefficient (Wildman–Crippen LogP) is 3.20. The maximum atomic E-state index is 9.04. The van der Waals surface area contributed by atoms with Crippen molar-refractivity contribution < 1.29 is 5.11 Å². The molecule has 2 N–H and O–H groups in total. The summed E-state index contributed by atoms with van der Waals surface area (Å²) in [4.78, 5) is 5.69. The van der Waals surface area contributed by atoms with Gasteiger partial charge in [0.15, 0.2) is 5.82 Å². The molecule has 94 valence electrons. The summed E-state index contributed by atoms with van der Waals surface area (Å²) >= 11 is 0. The van der Waals surface area contributed by atoms with Gasteiger partial charge in [0.1, 0.15) is 5.75 Å². The van der Waals surface area contributed by atoms with Crippen molar-refractivity contribution in [3.05, 3.63) is 48.7 Å². The van der Waals surface area contributed by atoms with E-state index in [4.69, 9.17) is 10.6 Å². The molecule has 0 saturated heterocycles. The van der Waals surface area contributed by atoms with Crippen LogP contribution in [0.5, 0.6) is 5.75 Å². The molecule has 0 saturated carbocycles. The molecule has 5 nitrogen and oxygen atoms in total. The highest BCUT2D eigenvalue weighted by Crippen LogP contribution is 2.16. The molecule has 0 spiro atoms. The highest BCUT2D eigenvalue weighted by atomic mass is 16.3. The van der Waals surface area contributed by atoms with Crippen molar-refractivity contribution in [2.75, 3.05) is 19.0 Å². The van der Waals surface area contributed by atoms with Crippen LogP contribution in [0.25, 0.3) is 0 Å². The lowest BCUT2D eigenvalue weighted by molar-refractivity contribution is 0.475. The fraction of sp³-hybridized carbons (Fsp3) is 0.154. The van der Waals surface area contributed by atoms with Gasteiger partial charge in [-0.2, -0.15) is 0 Å². The molecule has 5 heteroatoms. The van der Waals surface area contributed by atoms with Gasteiger partial charge in [-0.3, -0.25) is 0 Å². The SMILES string of the molecule is CN(C)c1cccc(O)c1.N=Nc1ccccn1. The second-order valence-corrected chi connectivity index (χ2v) is 3.71. The zero-order valence-corrected chi connectivity index (χ0v) is 10.4. The molecule has 0 fully saturated rings. The Hall–Kier alpha value is -2.43. The number of nitrogens with zero attached hydrogens (tertiary/aromatic N) is 3. The molecule has 0 bridgehead atoms. The minimum atomic E-state index is 0.311. The monoisotopic (exact) mass is 244 g/mol. The summed E-state index contributed by atoms with van der Waals surface area (Å²) in [6, 6.07) is 12.4. The number of pyridine rings is 1. The first-order chi connectivity index (χ1) is 8.63. The average molecular weight is 244 g/mol. The van der Waals surface area contributed by atoms with Crippen molar-refractivity contribution >= 4 is 11.5 Å². The van der Waals surface area contributed by atoms with E-state index in [-0.39, 0.29) is 0 Å². The standard InChI is InChI=1S/C8H11NO.C5H5N3/c1-9(2)7-4-3-5-8(10)6-7;6-8-5-3-1-2-4-7-5/h3-6,10H,1-2H3;1-4,6H. The lowest BCUT2D eigenvalue weighted by Crippen LogP contribution is -2.07. The normalized spacial score (nSPS) is 9.00. The number of aromatic hydroxyl groups is 1. The van der Waals surface area contributed by atoms with Crippen LogP contribution < -0.4 is 4.90 Å². The van der Waals surface area contributed by atoms with Gasteiger partial charge in [-0.15, -0.1) is 5.11 Å². The number of rotatable bonds is 2. The van der Waals surface area contributed by atoms with E-state index >= 15 is 0 Å². The van der Waals surface area contributed by atoms with Crippen LogP contribution in [0.2, 0.25) is 0 Å². The van der Waals surface area contributed by atoms with Crippen LogP contribution in [0.3, 0.4) is 0 Å². The lowest BCUT2D eigenvalue weighted by atomic mass is 10.3. The fourth-order valence-electron chi connectivity index (χ4n) is 1.19. The molecule has 1 aromatic carbocycles. The molecule has 2 aromatic rings. The van der Waals surface area contributed by atoms with Gasteiger partial charge < -0.3 is 10.0 Å². The highest BCUT2D eigenvalue weighted by molar-refractivity contribution is 5.48. The van der Waals surface area contributed by atoms with E-state index in [2.05, 4.69) is 10.1 Å². The zero-order chi connectivity index (χ0) is 13.4. The fourth-order valence-corrected chi connectivity index (χ4v) is 1.19. The number of anilines is 1. The van der Waals surface area contributed by atoms with Crippen LogP contribution in [-0.4, -0.2) is 24.2 Å². The van der Waals surface area contributed by atoms with E-state index in [0.29, 0.717) is 11.6 Å². The first-order valence-electron chi connectivity index (χ1n) is 5.38. The van der Waals surface area contributed by atoms with Gasteiger partial charge in [0.2, 0.25) is 0 Å². The van der Waals surface area contributed by atoms with Gasteiger partial charge in [0.05, 0.1) is 0 Å². The van der Waals surface area contributed by atoms with Crippen molar-refractivity contribution in [2.45, 2.75) is 0 Å². The summed E-state index contributed by atoms with van der Waals surface area (Å²) in [6.07, 6.45) is 1.60. The summed E-state index contributed by atoms with van der Waals surface area (Å²) in [6.45, 7) is 0. The Morgan fingerprint density at radius 1 is 1.17 bits per heavy atom. The third kappa shape index (κ3) is 4.61. The minimum Gasteiger partial charge on any atom is -0.508 e. The molecule has 2 rings (SSSR count). The van der Waals surface area contributed by atoms with Gasteiger partial charge in [-0.25, -0.2) is 10.5 Å². The summed E-state index contributed by atoms with van der Waals surface area (Å²) in [5.41, 5.74) is 7.52.